The highest BCUT2D eigenvalue weighted by molar-refractivity contribution is 5.85. The number of hydrogen-bond acceptors (Lipinski definition) is 2. The summed E-state index contributed by atoms with van der Waals surface area (Å²) in [7, 11) is 0. The summed E-state index contributed by atoms with van der Waals surface area (Å²) in [5.74, 6) is 0.550. The van der Waals surface area contributed by atoms with Crippen LogP contribution in [-0.4, -0.2) is 24.0 Å². The second-order valence-electron chi connectivity index (χ2n) is 5.54. The van der Waals surface area contributed by atoms with Crippen molar-refractivity contribution in [3.8, 4) is 0 Å². The van der Waals surface area contributed by atoms with E-state index in [4.69, 9.17) is 5.73 Å². The fourth-order valence-electron chi connectivity index (χ4n) is 2.69. The summed E-state index contributed by atoms with van der Waals surface area (Å²) in [6.07, 6.45) is -0.0219. The first-order valence-corrected chi connectivity index (χ1v) is 6.91. The smallest absolute Gasteiger partial charge is 0.263 e. The van der Waals surface area contributed by atoms with Gasteiger partial charge in [-0.15, -0.1) is 12.4 Å². The molecule has 0 aliphatic carbocycles. The van der Waals surface area contributed by atoms with E-state index in [-0.39, 0.29) is 24.0 Å². The molecule has 1 heterocycles. The molecule has 0 spiro atoms. The summed E-state index contributed by atoms with van der Waals surface area (Å²) >= 11 is 0. The van der Waals surface area contributed by atoms with Gasteiger partial charge >= 0.3 is 0 Å². The van der Waals surface area contributed by atoms with Crippen LogP contribution in [0.2, 0.25) is 0 Å². The molecule has 0 bridgehead atoms. The number of halogens is 3. The van der Waals surface area contributed by atoms with Crippen LogP contribution in [0, 0.1) is 5.92 Å². The van der Waals surface area contributed by atoms with Gasteiger partial charge < -0.3 is 5.73 Å². The number of nitrogens with zero attached hydrogens (tertiary/aromatic N) is 1. The zero-order chi connectivity index (χ0) is 13.8. The van der Waals surface area contributed by atoms with Gasteiger partial charge in [-0.05, 0) is 37.8 Å². The molecular weight excluding hydrogens is 282 g/mol. The fraction of sp³-hybridized carbons (Fsp3) is 0.600. The topological polar surface area (TPSA) is 29.3 Å². The molecule has 0 saturated carbocycles. The van der Waals surface area contributed by atoms with Crippen molar-refractivity contribution in [1.82, 2.24) is 4.90 Å². The van der Waals surface area contributed by atoms with E-state index in [1.165, 1.54) is 25.0 Å². The van der Waals surface area contributed by atoms with Crippen LogP contribution >= 0.6 is 12.4 Å². The number of nitrogens with two attached hydrogens (primary N) is 1. The predicted molar refractivity (Wildman–Crippen MR) is 80.3 cm³/mol. The maximum Gasteiger partial charge on any atom is 0.263 e. The van der Waals surface area contributed by atoms with Gasteiger partial charge in [-0.1, -0.05) is 24.3 Å². The van der Waals surface area contributed by atoms with Crippen molar-refractivity contribution < 1.29 is 8.78 Å². The van der Waals surface area contributed by atoms with Gasteiger partial charge in [-0.3, -0.25) is 4.90 Å². The summed E-state index contributed by atoms with van der Waals surface area (Å²) in [6.45, 7) is 4.96. The molecule has 114 valence electrons. The molecule has 2 N–H and O–H groups in total. The van der Waals surface area contributed by atoms with E-state index in [0.717, 1.165) is 25.2 Å². The molecule has 2 nitrogen and oxygen atoms in total. The third-order valence-corrected chi connectivity index (χ3v) is 3.92. The lowest BCUT2D eigenvalue weighted by Gasteiger charge is -2.34. The van der Waals surface area contributed by atoms with Gasteiger partial charge in [0.05, 0.1) is 0 Å². The monoisotopic (exact) mass is 304 g/mol. The molecule has 20 heavy (non-hydrogen) atoms. The standard InChI is InChI=1S/C15H22F2N2.ClH/c1-11(18)14-3-2-8-19(10-14)9-12-4-6-13(7-5-12)15(16)17;/h4-7,11,14-15H,2-3,8-10,18H2,1H3;1H. The molecule has 5 heteroatoms. The maximum atomic E-state index is 12.5. The van der Waals surface area contributed by atoms with Crippen molar-refractivity contribution in [3.05, 3.63) is 35.4 Å². The van der Waals surface area contributed by atoms with Crippen LogP contribution in [-0.2, 0) is 6.54 Å². The van der Waals surface area contributed by atoms with Crippen molar-refractivity contribution >= 4 is 12.4 Å². The van der Waals surface area contributed by atoms with E-state index in [9.17, 15) is 8.78 Å². The molecule has 2 atom stereocenters. The van der Waals surface area contributed by atoms with Crippen LogP contribution in [0.25, 0.3) is 0 Å². The molecule has 2 rings (SSSR count). The molecule has 0 aromatic heterocycles. The number of rotatable bonds is 4. The molecule has 1 aromatic carbocycles. The molecule has 1 fully saturated rings. The third kappa shape index (κ3) is 4.69. The van der Waals surface area contributed by atoms with Gasteiger partial charge in [-0.2, -0.15) is 0 Å². The van der Waals surface area contributed by atoms with E-state index in [2.05, 4.69) is 11.8 Å². The lowest BCUT2D eigenvalue weighted by Crippen LogP contribution is -2.41. The molecular formula is C15H23ClF2N2. The normalized spacial score (nSPS) is 21.6. The number of piperidine rings is 1. The van der Waals surface area contributed by atoms with E-state index in [1.54, 1.807) is 12.1 Å². The Morgan fingerprint density at radius 3 is 2.50 bits per heavy atom. The zero-order valence-electron chi connectivity index (χ0n) is 11.8. The molecule has 1 aliphatic heterocycles. The highest BCUT2D eigenvalue weighted by Gasteiger charge is 2.22. The van der Waals surface area contributed by atoms with Crippen molar-refractivity contribution in [2.45, 2.75) is 38.8 Å². The Morgan fingerprint density at radius 2 is 1.95 bits per heavy atom. The summed E-state index contributed by atoms with van der Waals surface area (Å²) in [4.78, 5) is 2.37. The predicted octanol–water partition coefficient (Wildman–Crippen LogP) is 3.61. The first-order chi connectivity index (χ1) is 9.06. The molecule has 0 radical (unpaired) electrons. The van der Waals surface area contributed by atoms with Gasteiger partial charge in [0, 0.05) is 24.7 Å². The molecule has 2 unspecified atom stereocenters. The Morgan fingerprint density at radius 1 is 1.30 bits per heavy atom. The second kappa shape index (κ2) is 7.91. The summed E-state index contributed by atoms with van der Waals surface area (Å²) in [5.41, 5.74) is 7.15. The Hall–Kier alpha value is -0.710. The van der Waals surface area contributed by atoms with Crippen molar-refractivity contribution in [2.75, 3.05) is 13.1 Å². The molecule has 1 aromatic rings. The second-order valence-corrected chi connectivity index (χ2v) is 5.54. The van der Waals surface area contributed by atoms with Crippen molar-refractivity contribution in [3.63, 3.8) is 0 Å². The van der Waals surface area contributed by atoms with Crippen LogP contribution in [0.3, 0.4) is 0 Å². The van der Waals surface area contributed by atoms with Crippen LogP contribution in [0.15, 0.2) is 24.3 Å². The first-order valence-electron chi connectivity index (χ1n) is 6.91. The van der Waals surface area contributed by atoms with Gasteiger partial charge in [0.25, 0.3) is 6.43 Å². The summed E-state index contributed by atoms with van der Waals surface area (Å²) in [5, 5.41) is 0. The largest absolute Gasteiger partial charge is 0.328 e. The Balaban J connectivity index is 0.00000200. The van der Waals surface area contributed by atoms with Gasteiger partial charge in [0.2, 0.25) is 0 Å². The van der Waals surface area contributed by atoms with Crippen LogP contribution in [0.1, 0.15) is 37.3 Å². The van der Waals surface area contributed by atoms with E-state index in [0.29, 0.717) is 5.92 Å². The minimum absolute atomic E-state index is 0. The zero-order valence-corrected chi connectivity index (χ0v) is 12.6. The average Bonchev–Trinajstić information content (AvgIpc) is 2.39. The van der Waals surface area contributed by atoms with Gasteiger partial charge in [0.1, 0.15) is 0 Å². The highest BCUT2D eigenvalue weighted by Crippen LogP contribution is 2.22. The van der Waals surface area contributed by atoms with E-state index in [1.807, 2.05) is 0 Å². The van der Waals surface area contributed by atoms with Gasteiger partial charge in [0.15, 0.2) is 0 Å². The lowest BCUT2D eigenvalue weighted by molar-refractivity contribution is 0.150. The molecule has 1 saturated heterocycles. The Bertz CT molecular complexity index is 395. The van der Waals surface area contributed by atoms with E-state index >= 15 is 0 Å². The Kier molecular flexibility index (Phi) is 6.86. The quantitative estimate of drug-likeness (QED) is 0.921. The Labute approximate surface area is 125 Å². The third-order valence-electron chi connectivity index (χ3n) is 3.92. The van der Waals surface area contributed by atoms with Crippen molar-refractivity contribution in [2.24, 2.45) is 11.7 Å². The fourth-order valence-corrected chi connectivity index (χ4v) is 2.69. The average molecular weight is 305 g/mol. The number of likely N-dealkylation sites (tertiary alicyclic amines) is 1. The maximum absolute atomic E-state index is 12.5. The van der Waals surface area contributed by atoms with Crippen LogP contribution in [0.4, 0.5) is 8.78 Å². The molecule has 0 amide bonds. The number of hydrogen-bond donors (Lipinski definition) is 1. The van der Waals surface area contributed by atoms with E-state index < -0.39 is 6.43 Å². The number of alkyl halides is 2. The number of benzene rings is 1. The molecule has 1 aliphatic rings. The first kappa shape index (κ1) is 17.3. The van der Waals surface area contributed by atoms with Crippen LogP contribution < -0.4 is 5.73 Å². The lowest BCUT2D eigenvalue weighted by atomic mass is 9.92. The van der Waals surface area contributed by atoms with Crippen molar-refractivity contribution in [1.29, 1.82) is 0 Å². The summed E-state index contributed by atoms with van der Waals surface area (Å²) in [6, 6.07) is 6.87. The SMILES string of the molecule is CC(N)C1CCCN(Cc2ccc(C(F)F)cc2)C1.Cl. The minimum Gasteiger partial charge on any atom is -0.328 e. The van der Waals surface area contributed by atoms with Gasteiger partial charge in [-0.25, -0.2) is 8.78 Å². The summed E-state index contributed by atoms with van der Waals surface area (Å²) < 4.78 is 24.9. The minimum atomic E-state index is -2.38. The highest BCUT2D eigenvalue weighted by atomic mass is 35.5. The van der Waals surface area contributed by atoms with Crippen LogP contribution in [0.5, 0.6) is 0 Å².